The highest BCUT2D eigenvalue weighted by Gasteiger charge is 2.38. The molecule has 94 valence electrons. The van der Waals surface area contributed by atoms with E-state index in [1.807, 2.05) is 6.07 Å². The molecule has 0 bridgehead atoms. The van der Waals surface area contributed by atoms with Gasteiger partial charge in [-0.25, -0.2) is 0 Å². The van der Waals surface area contributed by atoms with Crippen molar-refractivity contribution in [3.63, 3.8) is 0 Å². The van der Waals surface area contributed by atoms with Crippen molar-refractivity contribution >= 4 is 17.3 Å². The molecule has 17 heavy (non-hydrogen) atoms. The molecule has 0 amide bonds. The standard InChI is InChI=1S/C13H19NO2S/c1-8(2)12(11-4-3-7-17-11)14-10-6-5-9(10)13(15)16/h3-4,7-10,12,14H,5-6H2,1-2H3,(H,15,16). The van der Waals surface area contributed by atoms with E-state index in [2.05, 4.69) is 30.6 Å². The maximum absolute atomic E-state index is 11.0. The summed E-state index contributed by atoms with van der Waals surface area (Å²) < 4.78 is 0. The molecule has 0 saturated heterocycles. The summed E-state index contributed by atoms with van der Waals surface area (Å²) in [5, 5.41) is 14.6. The van der Waals surface area contributed by atoms with Crippen LogP contribution in [0.5, 0.6) is 0 Å². The van der Waals surface area contributed by atoms with Crippen molar-refractivity contribution in [2.75, 3.05) is 0 Å². The maximum Gasteiger partial charge on any atom is 0.308 e. The van der Waals surface area contributed by atoms with E-state index in [1.165, 1.54) is 4.88 Å². The van der Waals surface area contributed by atoms with Crippen LogP contribution in [0.15, 0.2) is 17.5 Å². The van der Waals surface area contributed by atoms with Crippen LogP contribution in [-0.4, -0.2) is 17.1 Å². The van der Waals surface area contributed by atoms with Crippen LogP contribution in [0.25, 0.3) is 0 Å². The van der Waals surface area contributed by atoms with Gasteiger partial charge < -0.3 is 10.4 Å². The lowest BCUT2D eigenvalue weighted by Gasteiger charge is -2.38. The van der Waals surface area contributed by atoms with Gasteiger partial charge in [-0.2, -0.15) is 0 Å². The Morgan fingerprint density at radius 1 is 1.53 bits per heavy atom. The molecule has 0 radical (unpaired) electrons. The summed E-state index contributed by atoms with van der Waals surface area (Å²) >= 11 is 1.74. The third-order valence-electron chi connectivity index (χ3n) is 3.50. The number of carboxylic acid groups (broad SMARTS) is 1. The largest absolute Gasteiger partial charge is 0.481 e. The highest BCUT2D eigenvalue weighted by atomic mass is 32.1. The van der Waals surface area contributed by atoms with Gasteiger partial charge in [-0.1, -0.05) is 19.9 Å². The number of hydrogen-bond acceptors (Lipinski definition) is 3. The van der Waals surface area contributed by atoms with Gasteiger partial charge in [-0.05, 0) is 30.2 Å². The number of aliphatic carboxylic acids is 1. The topological polar surface area (TPSA) is 49.3 Å². The second kappa shape index (κ2) is 5.19. The van der Waals surface area contributed by atoms with Crippen LogP contribution in [0.1, 0.15) is 37.6 Å². The van der Waals surface area contributed by atoms with Crippen molar-refractivity contribution in [1.82, 2.24) is 5.32 Å². The molecule has 1 aromatic heterocycles. The van der Waals surface area contributed by atoms with E-state index in [0.717, 1.165) is 12.8 Å². The SMILES string of the molecule is CC(C)C(NC1CCC1C(=O)O)c1cccs1. The van der Waals surface area contributed by atoms with Gasteiger partial charge in [0.1, 0.15) is 0 Å². The second-order valence-corrected chi connectivity index (χ2v) is 6.01. The van der Waals surface area contributed by atoms with E-state index < -0.39 is 5.97 Å². The molecule has 1 fully saturated rings. The average Bonchev–Trinajstić information content (AvgIpc) is 2.68. The minimum absolute atomic E-state index is 0.141. The highest BCUT2D eigenvalue weighted by Crippen LogP contribution is 2.33. The van der Waals surface area contributed by atoms with Crippen molar-refractivity contribution in [2.45, 2.75) is 38.8 Å². The molecule has 1 heterocycles. The van der Waals surface area contributed by atoms with Crippen LogP contribution in [0.2, 0.25) is 0 Å². The molecule has 1 aliphatic rings. The number of hydrogen-bond donors (Lipinski definition) is 2. The quantitative estimate of drug-likeness (QED) is 0.848. The predicted octanol–water partition coefficient (Wildman–Crippen LogP) is 2.90. The lowest BCUT2D eigenvalue weighted by Crippen LogP contribution is -2.49. The van der Waals surface area contributed by atoms with Gasteiger partial charge in [-0.15, -0.1) is 11.3 Å². The molecule has 0 aliphatic heterocycles. The van der Waals surface area contributed by atoms with Crippen LogP contribution in [0.3, 0.4) is 0 Å². The molecule has 3 nitrogen and oxygen atoms in total. The first kappa shape index (κ1) is 12.6. The van der Waals surface area contributed by atoms with E-state index in [0.29, 0.717) is 5.92 Å². The number of thiophene rings is 1. The van der Waals surface area contributed by atoms with Gasteiger partial charge in [0.05, 0.1) is 5.92 Å². The van der Waals surface area contributed by atoms with Crippen LogP contribution >= 0.6 is 11.3 Å². The molecule has 4 heteroatoms. The zero-order valence-electron chi connectivity index (χ0n) is 10.2. The summed E-state index contributed by atoms with van der Waals surface area (Å²) in [6.07, 6.45) is 1.79. The Balaban J connectivity index is 2.02. The predicted molar refractivity (Wildman–Crippen MR) is 69.2 cm³/mol. The van der Waals surface area contributed by atoms with E-state index in [-0.39, 0.29) is 18.0 Å². The van der Waals surface area contributed by atoms with Crippen LogP contribution in [-0.2, 0) is 4.79 Å². The second-order valence-electron chi connectivity index (χ2n) is 5.03. The minimum atomic E-state index is -0.664. The summed E-state index contributed by atoms with van der Waals surface area (Å²) in [5.74, 6) is -0.387. The van der Waals surface area contributed by atoms with Crippen LogP contribution in [0.4, 0.5) is 0 Å². The Bertz CT molecular complexity index is 375. The first-order valence-corrected chi connectivity index (χ1v) is 7.00. The fourth-order valence-corrected chi connectivity index (χ4v) is 3.26. The number of carboxylic acids is 1. The monoisotopic (exact) mass is 253 g/mol. The Morgan fingerprint density at radius 3 is 2.71 bits per heavy atom. The van der Waals surface area contributed by atoms with Crippen molar-refractivity contribution in [2.24, 2.45) is 11.8 Å². The van der Waals surface area contributed by atoms with Gasteiger partial charge >= 0.3 is 5.97 Å². The van der Waals surface area contributed by atoms with Gasteiger partial charge in [0.2, 0.25) is 0 Å². The van der Waals surface area contributed by atoms with Crippen molar-refractivity contribution in [3.8, 4) is 0 Å². The fraction of sp³-hybridized carbons (Fsp3) is 0.615. The summed E-state index contributed by atoms with van der Waals surface area (Å²) in [4.78, 5) is 12.3. The van der Waals surface area contributed by atoms with Gasteiger partial charge in [0.15, 0.2) is 0 Å². The summed E-state index contributed by atoms with van der Waals surface area (Å²) in [7, 11) is 0. The molecular formula is C13H19NO2S. The van der Waals surface area contributed by atoms with E-state index >= 15 is 0 Å². The van der Waals surface area contributed by atoms with Crippen molar-refractivity contribution < 1.29 is 9.90 Å². The molecular weight excluding hydrogens is 234 g/mol. The Morgan fingerprint density at radius 2 is 2.29 bits per heavy atom. The molecule has 3 atom stereocenters. The van der Waals surface area contributed by atoms with Gasteiger partial charge in [0, 0.05) is 17.0 Å². The molecule has 2 rings (SSSR count). The number of carbonyl (C=O) groups is 1. The number of nitrogens with one attached hydrogen (secondary N) is 1. The van der Waals surface area contributed by atoms with E-state index in [4.69, 9.17) is 5.11 Å². The van der Waals surface area contributed by atoms with Crippen molar-refractivity contribution in [1.29, 1.82) is 0 Å². The normalized spacial score (nSPS) is 25.6. The van der Waals surface area contributed by atoms with Crippen molar-refractivity contribution in [3.05, 3.63) is 22.4 Å². The molecule has 2 N–H and O–H groups in total. The molecule has 1 aromatic rings. The molecule has 1 saturated carbocycles. The molecule has 0 aromatic carbocycles. The fourth-order valence-electron chi connectivity index (χ4n) is 2.30. The molecule has 3 unspecified atom stereocenters. The summed E-state index contributed by atoms with van der Waals surface area (Å²) in [6, 6.07) is 4.59. The Hall–Kier alpha value is -0.870. The summed E-state index contributed by atoms with van der Waals surface area (Å²) in [5.41, 5.74) is 0. The number of rotatable bonds is 5. The highest BCUT2D eigenvalue weighted by molar-refractivity contribution is 7.10. The van der Waals surface area contributed by atoms with Gasteiger partial charge in [-0.3, -0.25) is 4.79 Å². The Kier molecular flexibility index (Phi) is 3.84. The third kappa shape index (κ3) is 2.69. The van der Waals surface area contributed by atoms with E-state index in [1.54, 1.807) is 11.3 Å². The van der Waals surface area contributed by atoms with Gasteiger partial charge in [0.25, 0.3) is 0 Å². The first-order chi connectivity index (χ1) is 8.09. The smallest absolute Gasteiger partial charge is 0.308 e. The van der Waals surface area contributed by atoms with Crippen LogP contribution in [0, 0.1) is 11.8 Å². The summed E-state index contributed by atoms with van der Waals surface area (Å²) in [6.45, 7) is 4.34. The average molecular weight is 253 g/mol. The zero-order valence-corrected chi connectivity index (χ0v) is 11.0. The third-order valence-corrected chi connectivity index (χ3v) is 4.46. The zero-order chi connectivity index (χ0) is 12.4. The lowest BCUT2D eigenvalue weighted by molar-refractivity contribution is -0.146. The van der Waals surface area contributed by atoms with Crippen LogP contribution < -0.4 is 5.32 Å². The molecule has 1 aliphatic carbocycles. The maximum atomic E-state index is 11.0. The van der Waals surface area contributed by atoms with E-state index in [9.17, 15) is 4.79 Å². The lowest BCUT2D eigenvalue weighted by atomic mass is 9.78. The molecule has 0 spiro atoms. The minimum Gasteiger partial charge on any atom is -0.481 e. The Labute approximate surface area is 106 Å². The first-order valence-electron chi connectivity index (χ1n) is 6.12.